The number of benzene rings is 2. The van der Waals surface area contributed by atoms with Crippen LogP contribution in [-0.4, -0.2) is 4.98 Å². The fourth-order valence-electron chi connectivity index (χ4n) is 2.41. The summed E-state index contributed by atoms with van der Waals surface area (Å²) in [6.07, 6.45) is 0. The van der Waals surface area contributed by atoms with E-state index in [1.165, 1.54) is 0 Å². The van der Waals surface area contributed by atoms with E-state index in [-0.39, 0.29) is 0 Å². The fourth-order valence-corrected chi connectivity index (χ4v) is 2.41. The molecule has 110 valence electrons. The number of hydrogen-bond acceptors (Lipinski definition) is 3. The molecule has 0 amide bonds. The molecule has 22 heavy (non-hydrogen) atoms. The number of nitrogens with zero attached hydrogens (tertiary/aromatic N) is 2. The van der Waals surface area contributed by atoms with Crippen LogP contribution in [0.15, 0.2) is 48.5 Å². The Morgan fingerprint density at radius 1 is 1.05 bits per heavy atom. The minimum absolute atomic E-state index is 0.393. The first-order valence-electron chi connectivity index (χ1n) is 7.36. The van der Waals surface area contributed by atoms with Crippen molar-refractivity contribution in [1.29, 1.82) is 5.26 Å². The molecule has 0 atom stereocenters. The van der Waals surface area contributed by atoms with E-state index < -0.39 is 0 Å². The SMILES string of the molecule is CC.Cc1ccc2nc(N)c(-c3ccccc3)c(C#N)c2c1. The average Bonchev–Trinajstić information content (AvgIpc) is 2.56. The van der Waals surface area contributed by atoms with Crippen LogP contribution >= 0.6 is 0 Å². The van der Waals surface area contributed by atoms with Gasteiger partial charge in [0, 0.05) is 10.9 Å². The van der Waals surface area contributed by atoms with Gasteiger partial charge in [0.2, 0.25) is 0 Å². The first-order valence-corrected chi connectivity index (χ1v) is 7.36. The van der Waals surface area contributed by atoms with E-state index in [2.05, 4.69) is 11.1 Å². The molecule has 0 saturated carbocycles. The van der Waals surface area contributed by atoms with Gasteiger partial charge in [-0.25, -0.2) is 4.98 Å². The van der Waals surface area contributed by atoms with Crippen molar-refractivity contribution < 1.29 is 0 Å². The number of nitriles is 1. The average molecular weight is 289 g/mol. The number of pyridine rings is 1. The summed E-state index contributed by atoms with van der Waals surface area (Å²) < 4.78 is 0. The van der Waals surface area contributed by atoms with E-state index >= 15 is 0 Å². The first-order chi connectivity index (χ1) is 10.7. The molecule has 1 aromatic heterocycles. The van der Waals surface area contributed by atoms with Crippen LogP contribution < -0.4 is 5.73 Å². The summed E-state index contributed by atoms with van der Waals surface area (Å²) in [7, 11) is 0. The van der Waals surface area contributed by atoms with Crippen LogP contribution in [0, 0.1) is 18.3 Å². The van der Waals surface area contributed by atoms with Gasteiger partial charge in [0.25, 0.3) is 0 Å². The largest absolute Gasteiger partial charge is 0.383 e. The number of anilines is 1. The quantitative estimate of drug-likeness (QED) is 0.706. The van der Waals surface area contributed by atoms with Crippen molar-refractivity contribution in [3.05, 3.63) is 59.7 Å². The van der Waals surface area contributed by atoms with Crippen LogP contribution in [-0.2, 0) is 0 Å². The molecule has 0 saturated heterocycles. The lowest BCUT2D eigenvalue weighted by atomic mass is 9.96. The lowest BCUT2D eigenvalue weighted by Gasteiger charge is -2.11. The van der Waals surface area contributed by atoms with Crippen LogP contribution in [0.1, 0.15) is 25.0 Å². The van der Waals surface area contributed by atoms with Gasteiger partial charge in [-0.05, 0) is 24.6 Å². The van der Waals surface area contributed by atoms with Gasteiger partial charge >= 0.3 is 0 Å². The van der Waals surface area contributed by atoms with Crippen LogP contribution in [0.5, 0.6) is 0 Å². The van der Waals surface area contributed by atoms with Gasteiger partial charge < -0.3 is 5.73 Å². The number of nitrogen functional groups attached to an aromatic ring is 1. The number of fused-ring (bicyclic) bond motifs is 1. The van der Waals surface area contributed by atoms with Crippen molar-refractivity contribution >= 4 is 16.7 Å². The van der Waals surface area contributed by atoms with Gasteiger partial charge in [0.15, 0.2) is 0 Å². The predicted molar refractivity (Wildman–Crippen MR) is 92.4 cm³/mol. The molecule has 0 radical (unpaired) electrons. The predicted octanol–water partition coefficient (Wildman–Crippen LogP) is 4.69. The second kappa shape index (κ2) is 6.73. The Kier molecular flexibility index (Phi) is 4.75. The Morgan fingerprint density at radius 3 is 2.36 bits per heavy atom. The Hall–Kier alpha value is -2.86. The molecular weight excluding hydrogens is 270 g/mol. The normalized spacial score (nSPS) is 9.73. The number of aromatic nitrogens is 1. The van der Waals surface area contributed by atoms with Crippen molar-refractivity contribution in [3.8, 4) is 17.2 Å². The van der Waals surface area contributed by atoms with E-state index in [4.69, 9.17) is 5.73 Å². The standard InChI is InChI=1S/C17H13N3.C2H6/c1-11-7-8-15-13(9-11)14(10-18)16(17(19)20-15)12-5-3-2-4-6-12;1-2/h2-9H,1H3,(H2,19,20);1-2H3. The number of rotatable bonds is 1. The third-order valence-corrected chi connectivity index (χ3v) is 3.34. The molecule has 3 heteroatoms. The van der Waals surface area contributed by atoms with Gasteiger partial charge in [-0.1, -0.05) is 55.8 Å². The lowest BCUT2D eigenvalue weighted by molar-refractivity contribution is 1.37. The Bertz CT molecular complexity index is 831. The van der Waals surface area contributed by atoms with Crippen LogP contribution in [0.3, 0.4) is 0 Å². The van der Waals surface area contributed by atoms with Gasteiger partial charge in [-0.15, -0.1) is 0 Å². The van der Waals surface area contributed by atoms with Crippen molar-refractivity contribution in [2.75, 3.05) is 5.73 Å². The summed E-state index contributed by atoms with van der Waals surface area (Å²) in [6.45, 7) is 6.00. The molecule has 0 bridgehead atoms. The zero-order chi connectivity index (χ0) is 16.1. The molecule has 2 aromatic carbocycles. The second-order valence-corrected chi connectivity index (χ2v) is 4.75. The molecule has 0 aliphatic rings. The zero-order valence-electron chi connectivity index (χ0n) is 13.1. The molecule has 0 unspecified atom stereocenters. The van der Waals surface area contributed by atoms with E-state index in [0.29, 0.717) is 16.9 Å². The van der Waals surface area contributed by atoms with Crippen LogP contribution in [0.25, 0.3) is 22.0 Å². The summed E-state index contributed by atoms with van der Waals surface area (Å²) >= 11 is 0. The minimum Gasteiger partial charge on any atom is -0.383 e. The van der Waals surface area contributed by atoms with Crippen molar-refractivity contribution in [2.45, 2.75) is 20.8 Å². The molecule has 3 rings (SSSR count). The molecular formula is C19H19N3. The fraction of sp³-hybridized carbons (Fsp3) is 0.158. The molecule has 0 spiro atoms. The summed E-state index contributed by atoms with van der Waals surface area (Å²) in [4.78, 5) is 4.43. The van der Waals surface area contributed by atoms with Crippen molar-refractivity contribution in [3.63, 3.8) is 0 Å². The van der Waals surface area contributed by atoms with E-state index in [1.807, 2.05) is 69.3 Å². The monoisotopic (exact) mass is 289 g/mol. The highest BCUT2D eigenvalue weighted by Crippen LogP contribution is 2.33. The van der Waals surface area contributed by atoms with Crippen molar-refractivity contribution in [2.24, 2.45) is 0 Å². The van der Waals surface area contributed by atoms with E-state index in [9.17, 15) is 5.26 Å². The molecule has 0 fully saturated rings. The number of aryl methyl sites for hydroxylation is 1. The second-order valence-electron chi connectivity index (χ2n) is 4.75. The van der Waals surface area contributed by atoms with Gasteiger partial charge in [0.05, 0.1) is 11.1 Å². The molecule has 0 aliphatic carbocycles. The Morgan fingerprint density at radius 2 is 1.73 bits per heavy atom. The molecule has 3 aromatic rings. The molecule has 0 aliphatic heterocycles. The van der Waals surface area contributed by atoms with Crippen molar-refractivity contribution in [1.82, 2.24) is 4.98 Å². The summed E-state index contributed by atoms with van der Waals surface area (Å²) in [5.74, 6) is 0.393. The highest BCUT2D eigenvalue weighted by molar-refractivity contribution is 5.96. The summed E-state index contributed by atoms with van der Waals surface area (Å²) in [6, 6.07) is 17.8. The van der Waals surface area contributed by atoms with Crippen LogP contribution in [0.4, 0.5) is 5.82 Å². The third kappa shape index (κ3) is 2.77. The lowest BCUT2D eigenvalue weighted by Crippen LogP contribution is -1.99. The van der Waals surface area contributed by atoms with E-state index in [0.717, 1.165) is 22.0 Å². The molecule has 3 nitrogen and oxygen atoms in total. The van der Waals surface area contributed by atoms with Gasteiger partial charge in [-0.3, -0.25) is 0 Å². The molecule has 2 N–H and O–H groups in total. The topological polar surface area (TPSA) is 62.7 Å². The summed E-state index contributed by atoms with van der Waals surface area (Å²) in [5, 5.41) is 10.4. The summed E-state index contributed by atoms with van der Waals surface area (Å²) in [5.41, 5.74) is 10.1. The first kappa shape index (κ1) is 15.5. The number of hydrogen-bond donors (Lipinski definition) is 1. The van der Waals surface area contributed by atoms with Crippen LogP contribution in [0.2, 0.25) is 0 Å². The van der Waals surface area contributed by atoms with E-state index in [1.54, 1.807) is 0 Å². The maximum absolute atomic E-state index is 9.56. The smallest absolute Gasteiger partial charge is 0.133 e. The number of nitrogens with two attached hydrogens (primary N) is 1. The van der Waals surface area contributed by atoms with Gasteiger partial charge in [-0.2, -0.15) is 5.26 Å². The molecule has 1 heterocycles. The maximum Gasteiger partial charge on any atom is 0.133 e. The highest BCUT2D eigenvalue weighted by Gasteiger charge is 2.14. The zero-order valence-corrected chi connectivity index (χ0v) is 13.1. The Balaban J connectivity index is 0.000000847. The highest BCUT2D eigenvalue weighted by atomic mass is 14.8. The Labute approximate surface area is 131 Å². The third-order valence-electron chi connectivity index (χ3n) is 3.34. The van der Waals surface area contributed by atoms with Gasteiger partial charge in [0.1, 0.15) is 11.9 Å². The minimum atomic E-state index is 0.393. The maximum atomic E-state index is 9.56.